The van der Waals surface area contributed by atoms with E-state index in [1.807, 2.05) is 0 Å². The fourth-order valence-corrected chi connectivity index (χ4v) is 6.93. The maximum Gasteiger partial charge on any atom is 0.0911 e. The van der Waals surface area contributed by atoms with Gasteiger partial charge in [-0.1, -0.05) is 136 Å². The molecular formula is C42H93N4+3. The molecule has 0 atom stereocenters. The van der Waals surface area contributed by atoms with E-state index in [2.05, 4.69) is 68.0 Å². The summed E-state index contributed by atoms with van der Waals surface area (Å²) in [5.74, 6) is 0. The standard InChI is InChI=1S/C42H93N4/c1-10-13-16-19-22-25-28-31-37-44(4,5)40-34-43(35-41-45(6,7)38-32-29-26-23-20-17-14-11-2)36-42-46(8,9)39-33-30-27-24-21-18-15-12-3/h10-42H2,1-9H3/q+3. The van der Waals surface area contributed by atoms with Crippen LogP contribution in [-0.4, -0.2) is 120 Å². The van der Waals surface area contributed by atoms with Crippen molar-refractivity contribution in [1.82, 2.24) is 4.90 Å². The van der Waals surface area contributed by atoms with Crippen LogP contribution in [0.3, 0.4) is 0 Å². The van der Waals surface area contributed by atoms with Gasteiger partial charge in [0.25, 0.3) is 0 Å². The lowest BCUT2D eigenvalue weighted by Crippen LogP contribution is -2.52. The highest BCUT2D eigenvalue weighted by Crippen LogP contribution is 2.14. The number of hydrogen-bond donors (Lipinski definition) is 0. The third-order valence-electron chi connectivity index (χ3n) is 10.9. The second kappa shape index (κ2) is 29.7. The van der Waals surface area contributed by atoms with Gasteiger partial charge in [-0.2, -0.15) is 0 Å². The largest absolute Gasteiger partial charge is 0.327 e. The summed E-state index contributed by atoms with van der Waals surface area (Å²) in [6, 6.07) is 0. The molecule has 0 bridgehead atoms. The van der Waals surface area contributed by atoms with Crippen molar-refractivity contribution < 1.29 is 13.4 Å². The van der Waals surface area contributed by atoms with Crippen LogP contribution in [0.1, 0.15) is 175 Å². The van der Waals surface area contributed by atoms with Crippen molar-refractivity contribution in [3.05, 3.63) is 0 Å². The molecule has 0 amide bonds. The quantitative estimate of drug-likeness (QED) is 0.0480. The average molecular weight is 654 g/mol. The molecule has 0 radical (unpaired) electrons. The molecule has 0 aromatic carbocycles. The van der Waals surface area contributed by atoms with Crippen molar-refractivity contribution in [2.24, 2.45) is 0 Å². The van der Waals surface area contributed by atoms with Crippen LogP contribution in [0.15, 0.2) is 0 Å². The highest BCUT2D eigenvalue weighted by atomic mass is 15.4. The average Bonchev–Trinajstić information content (AvgIpc) is 3.00. The Balaban J connectivity index is 4.74. The van der Waals surface area contributed by atoms with E-state index in [-0.39, 0.29) is 0 Å². The van der Waals surface area contributed by atoms with Gasteiger partial charge in [0.05, 0.1) is 81.6 Å². The smallest absolute Gasteiger partial charge is 0.0911 e. The Bertz CT molecular complexity index is 544. The van der Waals surface area contributed by atoms with Crippen LogP contribution < -0.4 is 0 Å². The number of hydrogen-bond acceptors (Lipinski definition) is 1. The van der Waals surface area contributed by atoms with Crippen molar-refractivity contribution in [3.63, 3.8) is 0 Å². The van der Waals surface area contributed by atoms with Crippen molar-refractivity contribution in [1.29, 1.82) is 0 Å². The Morgan fingerprint density at radius 3 is 0.674 bits per heavy atom. The van der Waals surface area contributed by atoms with E-state index in [0.717, 1.165) is 0 Å². The molecule has 0 aliphatic carbocycles. The van der Waals surface area contributed by atoms with Gasteiger partial charge in [0.1, 0.15) is 0 Å². The topological polar surface area (TPSA) is 3.24 Å². The molecule has 0 heterocycles. The van der Waals surface area contributed by atoms with E-state index in [1.165, 1.54) is 226 Å². The molecule has 0 rings (SSSR count). The number of rotatable bonds is 36. The van der Waals surface area contributed by atoms with E-state index in [9.17, 15) is 0 Å². The van der Waals surface area contributed by atoms with Gasteiger partial charge in [0, 0.05) is 19.6 Å². The zero-order valence-electron chi connectivity index (χ0n) is 34.1. The molecule has 0 aromatic heterocycles. The summed E-state index contributed by atoms with van der Waals surface area (Å²) in [7, 11) is 14.9. The van der Waals surface area contributed by atoms with Crippen molar-refractivity contribution in [3.8, 4) is 0 Å². The summed E-state index contributed by atoms with van der Waals surface area (Å²) >= 11 is 0. The third-order valence-corrected chi connectivity index (χ3v) is 10.9. The first kappa shape index (κ1) is 45.8. The molecule has 46 heavy (non-hydrogen) atoms. The molecule has 0 saturated carbocycles. The second-order valence-corrected chi connectivity index (χ2v) is 17.4. The number of quaternary nitrogens is 3. The summed E-state index contributed by atoms with van der Waals surface area (Å²) in [4.78, 5) is 2.86. The van der Waals surface area contributed by atoms with Crippen LogP contribution in [-0.2, 0) is 0 Å². The van der Waals surface area contributed by atoms with Gasteiger partial charge in [-0.15, -0.1) is 0 Å². The summed E-state index contributed by atoms with van der Waals surface area (Å²) in [5.41, 5.74) is 0. The Hall–Kier alpha value is -0.160. The maximum atomic E-state index is 2.86. The van der Waals surface area contributed by atoms with E-state index >= 15 is 0 Å². The van der Waals surface area contributed by atoms with Gasteiger partial charge in [0.2, 0.25) is 0 Å². The second-order valence-electron chi connectivity index (χ2n) is 17.4. The van der Waals surface area contributed by atoms with Crippen LogP contribution in [0.5, 0.6) is 0 Å². The molecule has 0 aliphatic heterocycles. The zero-order valence-corrected chi connectivity index (χ0v) is 34.1. The van der Waals surface area contributed by atoms with Gasteiger partial charge in [-0.05, 0) is 38.5 Å². The van der Waals surface area contributed by atoms with Crippen molar-refractivity contribution in [2.75, 3.05) is 101 Å². The fraction of sp³-hybridized carbons (Fsp3) is 1.00. The lowest BCUT2D eigenvalue weighted by Gasteiger charge is -2.37. The van der Waals surface area contributed by atoms with E-state index in [1.54, 1.807) is 0 Å². The number of nitrogens with zero attached hydrogens (tertiary/aromatic N) is 4. The van der Waals surface area contributed by atoms with Gasteiger partial charge < -0.3 is 13.4 Å². The first-order valence-corrected chi connectivity index (χ1v) is 21.2. The fourth-order valence-electron chi connectivity index (χ4n) is 6.93. The molecule has 0 fully saturated rings. The van der Waals surface area contributed by atoms with Crippen LogP contribution >= 0.6 is 0 Å². The number of unbranched alkanes of at least 4 members (excludes halogenated alkanes) is 21. The third kappa shape index (κ3) is 31.1. The first-order valence-electron chi connectivity index (χ1n) is 21.2. The Labute approximate surface area is 293 Å². The lowest BCUT2D eigenvalue weighted by molar-refractivity contribution is -0.895. The van der Waals surface area contributed by atoms with Crippen LogP contribution in [0.2, 0.25) is 0 Å². The predicted molar refractivity (Wildman–Crippen MR) is 210 cm³/mol. The Kier molecular flexibility index (Phi) is 29.6. The molecule has 0 aromatic rings. The minimum absolute atomic E-state index is 1.18. The molecule has 0 N–H and O–H groups in total. The van der Waals surface area contributed by atoms with Crippen LogP contribution in [0.4, 0.5) is 0 Å². The summed E-state index contributed by atoms with van der Waals surface area (Å²) in [6.45, 7) is 18.6. The van der Waals surface area contributed by atoms with E-state index in [4.69, 9.17) is 0 Å². The van der Waals surface area contributed by atoms with Crippen molar-refractivity contribution in [2.45, 2.75) is 175 Å². The Morgan fingerprint density at radius 1 is 0.261 bits per heavy atom. The minimum Gasteiger partial charge on any atom is -0.327 e. The molecule has 0 unspecified atom stereocenters. The summed E-state index contributed by atoms with van der Waals surface area (Å²) in [6.07, 6.45) is 34.1. The molecule has 4 heteroatoms. The molecule has 0 aliphatic rings. The minimum atomic E-state index is 1.18. The normalized spacial score (nSPS) is 12.9. The highest BCUT2D eigenvalue weighted by molar-refractivity contribution is 4.59. The van der Waals surface area contributed by atoms with E-state index in [0.29, 0.717) is 0 Å². The molecule has 4 nitrogen and oxygen atoms in total. The summed E-state index contributed by atoms with van der Waals surface area (Å²) in [5, 5.41) is 0. The SMILES string of the molecule is CCCCCCCCCC[N+](C)(C)CCN(CC[N+](C)(C)CCCCCCCCCC)CC[N+](C)(C)CCCCCCCCCC. The molecule has 0 spiro atoms. The first-order chi connectivity index (χ1) is 22.0. The predicted octanol–water partition coefficient (Wildman–Crippen LogP) is 10.9. The maximum absolute atomic E-state index is 2.86. The van der Waals surface area contributed by atoms with Crippen LogP contribution in [0, 0.1) is 0 Å². The zero-order chi connectivity index (χ0) is 34.4. The van der Waals surface area contributed by atoms with Gasteiger partial charge in [-0.25, -0.2) is 0 Å². The van der Waals surface area contributed by atoms with Gasteiger partial charge in [-0.3, -0.25) is 4.90 Å². The van der Waals surface area contributed by atoms with Gasteiger partial charge in [0.15, 0.2) is 0 Å². The highest BCUT2D eigenvalue weighted by Gasteiger charge is 2.23. The monoisotopic (exact) mass is 654 g/mol. The lowest BCUT2D eigenvalue weighted by atomic mass is 10.1. The molecular weight excluding hydrogens is 560 g/mol. The summed E-state index contributed by atoms with van der Waals surface area (Å²) < 4.78 is 3.54. The molecule has 0 saturated heterocycles. The number of likely N-dealkylation sites (N-methyl/N-ethyl adjacent to an activating group) is 3. The van der Waals surface area contributed by atoms with Crippen LogP contribution in [0.25, 0.3) is 0 Å². The van der Waals surface area contributed by atoms with Gasteiger partial charge >= 0.3 is 0 Å². The van der Waals surface area contributed by atoms with E-state index < -0.39 is 0 Å². The van der Waals surface area contributed by atoms with Crippen molar-refractivity contribution >= 4 is 0 Å². The molecule has 278 valence electrons. The Morgan fingerprint density at radius 2 is 0.457 bits per heavy atom.